The normalized spacial score (nSPS) is 17.3. The molecule has 3 aromatic rings. The van der Waals surface area contributed by atoms with Crippen LogP contribution in [0.5, 0.6) is 0 Å². The van der Waals surface area contributed by atoms with Crippen LogP contribution in [-0.2, 0) is 16.7 Å². The first-order valence-corrected chi connectivity index (χ1v) is 10.5. The highest BCUT2D eigenvalue weighted by molar-refractivity contribution is 7.91. The summed E-state index contributed by atoms with van der Waals surface area (Å²) >= 11 is 1.34. The Bertz CT molecular complexity index is 985. The molecule has 0 N–H and O–H groups in total. The van der Waals surface area contributed by atoms with E-state index in [4.69, 9.17) is 0 Å². The Morgan fingerprint density at radius 1 is 1.08 bits per heavy atom. The zero-order valence-corrected chi connectivity index (χ0v) is 15.6. The molecule has 4 rings (SSSR count). The third-order valence-electron chi connectivity index (χ3n) is 4.52. The highest BCUT2D eigenvalue weighted by atomic mass is 32.2. The van der Waals surface area contributed by atoms with Gasteiger partial charge in [-0.15, -0.1) is 11.3 Å². The minimum absolute atomic E-state index is 0.444. The SMILES string of the molecule is Cc1ccc(S(=O)(=O)N2CCN(Cn3cnc4ccccc43)CC2)s1. The number of fused-ring (bicyclic) bond motifs is 1. The van der Waals surface area contributed by atoms with Crippen LogP contribution in [-0.4, -0.2) is 53.4 Å². The lowest BCUT2D eigenvalue weighted by Gasteiger charge is -2.33. The van der Waals surface area contributed by atoms with Gasteiger partial charge >= 0.3 is 0 Å². The molecule has 0 saturated carbocycles. The molecule has 2 aromatic heterocycles. The van der Waals surface area contributed by atoms with Crippen LogP contribution in [0.2, 0.25) is 0 Å². The number of thiophene rings is 1. The molecule has 0 atom stereocenters. The topological polar surface area (TPSA) is 58.4 Å². The van der Waals surface area contributed by atoms with Gasteiger partial charge in [-0.25, -0.2) is 13.4 Å². The van der Waals surface area contributed by atoms with Crippen molar-refractivity contribution in [2.45, 2.75) is 17.8 Å². The zero-order valence-electron chi connectivity index (χ0n) is 14.0. The Hall–Kier alpha value is -1.74. The van der Waals surface area contributed by atoms with Crippen LogP contribution in [0.15, 0.2) is 46.9 Å². The van der Waals surface area contributed by atoms with E-state index in [1.807, 2.05) is 37.5 Å². The molecule has 1 aliphatic heterocycles. The predicted octanol–water partition coefficient (Wildman–Crippen LogP) is 2.37. The number of rotatable bonds is 4. The van der Waals surface area contributed by atoms with Crippen molar-refractivity contribution in [3.63, 3.8) is 0 Å². The summed E-state index contributed by atoms with van der Waals surface area (Å²) in [5, 5.41) is 0. The van der Waals surface area contributed by atoms with Crippen molar-refractivity contribution in [1.82, 2.24) is 18.8 Å². The highest BCUT2D eigenvalue weighted by Gasteiger charge is 2.29. The minimum Gasteiger partial charge on any atom is -0.317 e. The van der Waals surface area contributed by atoms with Crippen LogP contribution in [0.25, 0.3) is 11.0 Å². The fourth-order valence-electron chi connectivity index (χ4n) is 3.13. The minimum atomic E-state index is -3.36. The molecule has 0 bridgehead atoms. The number of para-hydroxylation sites is 2. The Morgan fingerprint density at radius 2 is 1.84 bits per heavy atom. The zero-order chi connectivity index (χ0) is 17.4. The molecule has 25 heavy (non-hydrogen) atoms. The number of sulfonamides is 1. The molecule has 3 heterocycles. The Kier molecular flexibility index (Phi) is 4.36. The number of imidazole rings is 1. The van der Waals surface area contributed by atoms with E-state index in [9.17, 15) is 8.42 Å². The summed E-state index contributed by atoms with van der Waals surface area (Å²) in [7, 11) is -3.36. The lowest BCUT2D eigenvalue weighted by atomic mass is 10.3. The summed E-state index contributed by atoms with van der Waals surface area (Å²) in [5.74, 6) is 0. The number of aromatic nitrogens is 2. The Balaban J connectivity index is 1.43. The summed E-state index contributed by atoms with van der Waals surface area (Å²) in [6, 6.07) is 11.6. The first-order valence-electron chi connectivity index (χ1n) is 8.23. The second-order valence-electron chi connectivity index (χ2n) is 6.23. The molecule has 1 aromatic carbocycles. The molecule has 0 unspecified atom stereocenters. The summed E-state index contributed by atoms with van der Waals surface area (Å²) < 4.78 is 29.6. The van der Waals surface area contributed by atoms with Gasteiger partial charge in [-0.2, -0.15) is 4.31 Å². The molecule has 6 nitrogen and oxygen atoms in total. The third kappa shape index (κ3) is 3.22. The molecule has 1 saturated heterocycles. The molecule has 0 aliphatic carbocycles. The molecular weight excluding hydrogens is 356 g/mol. The van der Waals surface area contributed by atoms with Gasteiger partial charge in [-0.05, 0) is 31.2 Å². The van der Waals surface area contributed by atoms with Crippen molar-refractivity contribution in [2.24, 2.45) is 0 Å². The van der Waals surface area contributed by atoms with Crippen LogP contribution < -0.4 is 0 Å². The average Bonchev–Trinajstić information content (AvgIpc) is 3.23. The lowest BCUT2D eigenvalue weighted by molar-refractivity contribution is 0.154. The van der Waals surface area contributed by atoms with Gasteiger partial charge in [0.2, 0.25) is 0 Å². The van der Waals surface area contributed by atoms with Crippen LogP contribution >= 0.6 is 11.3 Å². The summed E-state index contributed by atoms with van der Waals surface area (Å²) in [6.07, 6.45) is 1.85. The van der Waals surface area contributed by atoms with Gasteiger partial charge in [0.25, 0.3) is 10.0 Å². The van der Waals surface area contributed by atoms with Crippen molar-refractivity contribution in [3.05, 3.63) is 47.6 Å². The smallest absolute Gasteiger partial charge is 0.252 e. The van der Waals surface area contributed by atoms with E-state index in [2.05, 4.69) is 20.5 Å². The Labute approximate surface area is 151 Å². The first-order chi connectivity index (χ1) is 12.0. The molecule has 0 amide bonds. The number of nitrogens with zero attached hydrogens (tertiary/aromatic N) is 4. The van der Waals surface area contributed by atoms with E-state index < -0.39 is 10.0 Å². The predicted molar refractivity (Wildman–Crippen MR) is 99.1 cm³/mol. The standard InChI is InChI=1S/C17H20N4O2S2/c1-14-6-7-17(24-14)25(22,23)21-10-8-19(9-11-21)13-20-12-18-15-4-2-3-5-16(15)20/h2-7,12H,8-11,13H2,1H3. The fraction of sp³-hybridized carbons (Fsp3) is 0.353. The maximum atomic E-state index is 12.7. The molecular formula is C17H20N4O2S2. The molecule has 1 fully saturated rings. The number of piperazine rings is 1. The quantitative estimate of drug-likeness (QED) is 0.701. The van der Waals surface area contributed by atoms with Crippen LogP contribution in [0.4, 0.5) is 0 Å². The maximum absolute atomic E-state index is 12.7. The van der Waals surface area contributed by atoms with E-state index in [1.165, 1.54) is 11.3 Å². The lowest BCUT2D eigenvalue weighted by Crippen LogP contribution is -2.48. The van der Waals surface area contributed by atoms with Gasteiger partial charge in [-0.1, -0.05) is 12.1 Å². The van der Waals surface area contributed by atoms with Crippen molar-refractivity contribution in [2.75, 3.05) is 26.2 Å². The number of hydrogen-bond donors (Lipinski definition) is 0. The van der Waals surface area contributed by atoms with E-state index in [1.54, 1.807) is 10.4 Å². The van der Waals surface area contributed by atoms with Gasteiger partial charge in [-0.3, -0.25) is 4.90 Å². The van der Waals surface area contributed by atoms with Crippen molar-refractivity contribution >= 4 is 32.4 Å². The third-order valence-corrected chi connectivity index (χ3v) is 7.89. The van der Waals surface area contributed by atoms with Crippen LogP contribution in [0.3, 0.4) is 0 Å². The van der Waals surface area contributed by atoms with Crippen molar-refractivity contribution in [1.29, 1.82) is 0 Å². The molecule has 132 valence electrons. The van der Waals surface area contributed by atoms with E-state index >= 15 is 0 Å². The van der Waals surface area contributed by atoms with Gasteiger partial charge in [0.15, 0.2) is 0 Å². The molecule has 0 spiro atoms. The second-order valence-corrected chi connectivity index (χ2v) is 9.68. The maximum Gasteiger partial charge on any atom is 0.252 e. The average molecular weight is 377 g/mol. The number of aryl methyl sites for hydroxylation is 1. The highest BCUT2D eigenvalue weighted by Crippen LogP contribution is 2.25. The van der Waals surface area contributed by atoms with Crippen LogP contribution in [0.1, 0.15) is 4.88 Å². The summed E-state index contributed by atoms with van der Waals surface area (Å²) in [4.78, 5) is 7.69. The van der Waals surface area contributed by atoms with Crippen molar-refractivity contribution < 1.29 is 8.42 Å². The van der Waals surface area contributed by atoms with Gasteiger partial charge in [0.1, 0.15) is 4.21 Å². The van der Waals surface area contributed by atoms with E-state index in [0.717, 1.165) is 35.7 Å². The first kappa shape index (κ1) is 16.7. The monoisotopic (exact) mass is 376 g/mol. The van der Waals surface area contributed by atoms with Gasteiger partial charge in [0, 0.05) is 31.1 Å². The largest absolute Gasteiger partial charge is 0.317 e. The molecule has 0 radical (unpaired) electrons. The second kappa shape index (κ2) is 6.53. The van der Waals surface area contributed by atoms with Gasteiger partial charge < -0.3 is 4.57 Å². The Morgan fingerprint density at radius 3 is 2.56 bits per heavy atom. The number of benzene rings is 1. The fourth-order valence-corrected chi connectivity index (χ4v) is 5.99. The molecule has 8 heteroatoms. The van der Waals surface area contributed by atoms with Gasteiger partial charge in [0.05, 0.1) is 24.0 Å². The molecule has 1 aliphatic rings. The van der Waals surface area contributed by atoms with Crippen molar-refractivity contribution in [3.8, 4) is 0 Å². The summed E-state index contributed by atoms with van der Waals surface area (Å²) in [6.45, 7) is 5.13. The van der Waals surface area contributed by atoms with E-state index in [0.29, 0.717) is 17.3 Å². The van der Waals surface area contributed by atoms with E-state index in [-0.39, 0.29) is 0 Å². The van der Waals surface area contributed by atoms with Crippen LogP contribution in [0, 0.1) is 6.92 Å². The number of hydrogen-bond acceptors (Lipinski definition) is 5. The summed E-state index contributed by atoms with van der Waals surface area (Å²) in [5.41, 5.74) is 2.09.